The van der Waals surface area contributed by atoms with E-state index in [0.717, 1.165) is 35.6 Å². The number of aliphatic hydroxyl groups excluding tert-OH is 1. The van der Waals surface area contributed by atoms with Crippen LogP contribution < -0.4 is 10.5 Å². The zero-order chi connectivity index (χ0) is 29.5. The van der Waals surface area contributed by atoms with Gasteiger partial charge in [-0.15, -0.1) is 0 Å². The standard InChI is InChI=1S/C33H44N4O5/c34-33-35-29-16-15-28(42-27-9-5-2-6-10-27)21-25(29)22-37(33)30(23-7-3-1-4-8-23)17-18-31(39)36(19-20-38)26-13-11-24(12-14-26)32(40)41/h2,5-6,9-10,15-16,21,23-24,26,30,38H,1,3-4,7-8,11-14,17-20,22H2,(H2,34,35)(H,40,41)/t24-,26+,30-/m0/s1. The van der Waals surface area contributed by atoms with E-state index in [9.17, 15) is 19.8 Å². The van der Waals surface area contributed by atoms with Crippen LogP contribution >= 0.6 is 0 Å². The summed E-state index contributed by atoms with van der Waals surface area (Å²) < 4.78 is 6.09. The molecular weight excluding hydrogens is 532 g/mol. The maximum atomic E-state index is 13.6. The highest BCUT2D eigenvalue weighted by Crippen LogP contribution is 2.37. The van der Waals surface area contributed by atoms with E-state index >= 15 is 0 Å². The van der Waals surface area contributed by atoms with Gasteiger partial charge in [0.15, 0.2) is 5.96 Å². The van der Waals surface area contributed by atoms with Crippen molar-refractivity contribution in [2.24, 2.45) is 22.6 Å². The molecule has 1 atom stereocenters. The van der Waals surface area contributed by atoms with Crippen LogP contribution in [0.3, 0.4) is 0 Å². The Balaban J connectivity index is 1.30. The predicted molar refractivity (Wildman–Crippen MR) is 162 cm³/mol. The molecule has 2 aromatic carbocycles. The average Bonchev–Trinajstić information content (AvgIpc) is 3.01. The Morgan fingerprint density at radius 3 is 2.43 bits per heavy atom. The number of aliphatic hydroxyl groups is 1. The third-order valence-corrected chi connectivity index (χ3v) is 9.30. The largest absolute Gasteiger partial charge is 0.481 e. The van der Waals surface area contributed by atoms with Gasteiger partial charge in [0.25, 0.3) is 0 Å². The highest BCUT2D eigenvalue weighted by molar-refractivity contribution is 5.84. The van der Waals surface area contributed by atoms with Crippen molar-refractivity contribution in [2.75, 3.05) is 13.2 Å². The highest BCUT2D eigenvalue weighted by atomic mass is 16.5. The van der Waals surface area contributed by atoms with Gasteiger partial charge in [-0.2, -0.15) is 0 Å². The molecule has 0 unspecified atom stereocenters. The molecule has 2 aromatic rings. The second-order valence-corrected chi connectivity index (χ2v) is 12.0. The Bertz CT molecular complexity index is 1240. The van der Waals surface area contributed by atoms with Gasteiger partial charge in [-0.05, 0) is 81.2 Å². The molecule has 42 heavy (non-hydrogen) atoms. The molecular formula is C33H44N4O5. The number of fused-ring (bicyclic) bond motifs is 1. The molecule has 1 heterocycles. The maximum absolute atomic E-state index is 13.6. The van der Waals surface area contributed by atoms with Gasteiger partial charge < -0.3 is 30.5 Å². The Morgan fingerprint density at radius 2 is 1.74 bits per heavy atom. The lowest BCUT2D eigenvalue weighted by molar-refractivity contribution is -0.143. The quantitative estimate of drug-likeness (QED) is 0.325. The number of aliphatic imine (C=N–C) groups is 1. The Morgan fingerprint density at radius 1 is 1.00 bits per heavy atom. The number of benzene rings is 2. The summed E-state index contributed by atoms with van der Waals surface area (Å²) in [6, 6.07) is 15.6. The summed E-state index contributed by atoms with van der Waals surface area (Å²) in [6.45, 7) is 0.776. The molecule has 0 radical (unpaired) electrons. The van der Waals surface area contributed by atoms with Gasteiger partial charge in [-0.3, -0.25) is 9.59 Å². The number of hydrogen-bond acceptors (Lipinski definition) is 7. The van der Waals surface area contributed by atoms with Crippen LogP contribution in [-0.4, -0.2) is 63.1 Å². The number of carbonyl (C=O) groups excluding carboxylic acids is 1. The molecule has 226 valence electrons. The van der Waals surface area contributed by atoms with E-state index < -0.39 is 5.97 Å². The predicted octanol–water partition coefficient (Wildman–Crippen LogP) is 5.43. The van der Waals surface area contributed by atoms with Crippen LogP contribution in [-0.2, 0) is 16.1 Å². The summed E-state index contributed by atoms with van der Waals surface area (Å²) in [5.41, 5.74) is 8.48. The SMILES string of the molecule is NC1=Nc2ccc(Oc3ccccc3)cc2CN1[C@@H](CCC(=O)N(CCO)[C@H]1CC[C@@H](C(=O)O)CC1)C1CCCCC1. The van der Waals surface area contributed by atoms with Crippen LogP contribution in [0.1, 0.15) is 76.2 Å². The molecule has 0 saturated heterocycles. The molecule has 2 aliphatic carbocycles. The van der Waals surface area contributed by atoms with E-state index in [2.05, 4.69) is 4.90 Å². The number of para-hydroxylation sites is 1. The van der Waals surface area contributed by atoms with E-state index in [1.165, 1.54) is 19.3 Å². The minimum Gasteiger partial charge on any atom is -0.481 e. The molecule has 0 spiro atoms. The summed E-state index contributed by atoms with van der Waals surface area (Å²) in [7, 11) is 0. The van der Waals surface area contributed by atoms with Crippen molar-refractivity contribution in [3.05, 3.63) is 54.1 Å². The van der Waals surface area contributed by atoms with Crippen molar-refractivity contribution >= 4 is 23.5 Å². The topological polar surface area (TPSA) is 129 Å². The molecule has 0 aromatic heterocycles. The normalized spacial score (nSPS) is 21.6. The van der Waals surface area contributed by atoms with Crippen LogP contribution in [0.25, 0.3) is 0 Å². The zero-order valence-electron chi connectivity index (χ0n) is 24.4. The first kappa shape index (κ1) is 29.9. The molecule has 3 aliphatic rings. The number of guanidine groups is 1. The number of aliphatic carboxylic acids is 1. The first-order valence-electron chi connectivity index (χ1n) is 15.5. The number of carboxylic acids is 1. The summed E-state index contributed by atoms with van der Waals surface area (Å²) in [6.07, 6.45) is 9.25. The number of nitrogens with two attached hydrogens (primary N) is 1. The van der Waals surface area contributed by atoms with Crippen molar-refractivity contribution in [3.63, 3.8) is 0 Å². The second kappa shape index (κ2) is 14.1. The van der Waals surface area contributed by atoms with Gasteiger partial charge in [0, 0.05) is 37.2 Å². The molecule has 2 fully saturated rings. The smallest absolute Gasteiger partial charge is 0.306 e. The first-order chi connectivity index (χ1) is 20.4. The van der Waals surface area contributed by atoms with Crippen LogP contribution in [0.5, 0.6) is 11.5 Å². The third kappa shape index (κ3) is 7.24. The summed E-state index contributed by atoms with van der Waals surface area (Å²) in [5, 5.41) is 19.1. The molecule has 4 N–H and O–H groups in total. The molecule has 0 bridgehead atoms. The van der Waals surface area contributed by atoms with Crippen LogP contribution in [0, 0.1) is 11.8 Å². The third-order valence-electron chi connectivity index (χ3n) is 9.30. The number of ether oxygens (including phenoxy) is 1. The number of amides is 1. The lowest BCUT2D eigenvalue weighted by Gasteiger charge is -2.42. The number of hydrogen-bond donors (Lipinski definition) is 3. The van der Waals surface area contributed by atoms with Gasteiger partial charge in [0.2, 0.25) is 5.91 Å². The summed E-state index contributed by atoms with van der Waals surface area (Å²) >= 11 is 0. The zero-order valence-corrected chi connectivity index (χ0v) is 24.4. The lowest BCUT2D eigenvalue weighted by Crippen LogP contribution is -2.50. The van der Waals surface area contributed by atoms with Crippen LogP contribution in [0.4, 0.5) is 5.69 Å². The van der Waals surface area contributed by atoms with E-state index in [1.54, 1.807) is 4.90 Å². The Hall–Kier alpha value is -3.59. The van der Waals surface area contributed by atoms with Crippen molar-refractivity contribution in [1.29, 1.82) is 0 Å². The monoisotopic (exact) mass is 576 g/mol. The highest BCUT2D eigenvalue weighted by Gasteiger charge is 2.35. The summed E-state index contributed by atoms with van der Waals surface area (Å²) in [5.74, 6) is 1.35. The van der Waals surface area contributed by atoms with E-state index in [-0.39, 0.29) is 37.1 Å². The minimum absolute atomic E-state index is 0.0232. The van der Waals surface area contributed by atoms with E-state index in [4.69, 9.17) is 15.5 Å². The second-order valence-electron chi connectivity index (χ2n) is 12.0. The summed E-state index contributed by atoms with van der Waals surface area (Å²) in [4.78, 5) is 33.8. The van der Waals surface area contributed by atoms with Gasteiger partial charge in [-0.1, -0.05) is 37.5 Å². The number of nitrogens with zero attached hydrogens (tertiary/aromatic N) is 3. The number of carboxylic acid groups (broad SMARTS) is 1. The molecule has 1 aliphatic heterocycles. The van der Waals surface area contributed by atoms with Crippen molar-refractivity contribution in [1.82, 2.24) is 9.80 Å². The molecule has 2 saturated carbocycles. The maximum Gasteiger partial charge on any atom is 0.306 e. The van der Waals surface area contributed by atoms with Gasteiger partial charge in [0.1, 0.15) is 11.5 Å². The molecule has 9 heteroatoms. The van der Waals surface area contributed by atoms with E-state index in [0.29, 0.717) is 56.9 Å². The van der Waals surface area contributed by atoms with Crippen LogP contribution in [0.15, 0.2) is 53.5 Å². The van der Waals surface area contributed by atoms with Crippen LogP contribution in [0.2, 0.25) is 0 Å². The van der Waals surface area contributed by atoms with Gasteiger partial charge >= 0.3 is 5.97 Å². The molecule has 1 amide bonds. The number of carbonyl (C=O) groups is 2. The van der Waals surface area contributed by atoms with Gasteiger partial charge in [-0.25, -0.2) is 4.99 Å². The fourth-order valence-electron chi connectivity index (χ4n) is 7.06. The fourth-order valence-corrected chi connectivity index (χ4v) is 7.06. The molecule has 9 nitrogen and oxygen atoms in total. The molecule has 5 rings (SSSR count). The van der Waals surface area contributed by atoms with Crippen molar-refractivity contribution in [2.45, 2.75) is 89.3 Å². The fraction of sp³-hybridized carbons (Fsp3) is 0.545. The first-order valence-corrected chi connectivity index (χ1v) is 15.5. The lowest BCUT2D eigenvalue weighted by atomic mass is 9.81. The Labute approximate surface area is 248 Å². The minimum atomic E-state index is -0.759. The number of rotatable bonds is 11. The average molecular weight is 577 g/mol. The van der Waals surface area contributed by atoms with Crippen molar-refractivity contribution in [3.8, 4) is 11.5 Å². The Kier molecular flexibility index (Phi) is 10.00. The van der Waals surface area contributed by atoms with Crippen molar-refractivity contribution < 1.29 is 24.5 Å². The van der Waals surface area contributed by atoms with E-state index in [1.807, 2.05) is 48.5 Å². The van der Waals surface area contributed by atoms with Gasteiger partial charge in [0.05, 0.1) is 18.2 Å².